The molecule has 0 radical (unpaired) electrons. The number of unbranched alkanes of at least 4 members (excludes halogenated alkanes) is 1. The first-order valence-electron chi connectivity index (χ1n) is 14.5. The van der Waals surface area contributed by atoms with Crippen molar-refractivity contribution in [2.45, 2.75) is 70.1 Å². The van der Waals surface area contributed by atoms with Gasteiger partial charge in [-0.1, -0.05) is 55.0 Å². The zero-order valence-corrected chi connectivity index (χ0v) is 24.3. The van der Waals surface area contributed by atoms with Gasteiger partial charge < -0.3 is 15.4 Å². The van der Waals surface area contributed by atoms with Crippen LogP contribution in [0.2, 0.25) is 0 Å². The van der Waals surface area contributed by atoms with Crippen molar-refractivity contribution in [3.8, 4) is 11.1 Å². The second kappa shape index (κ2) is 12.5. The number of halogens is 3. The van der Waals surface area contributed by atoms with Crippen molar-refractivity contribution < 1.29 is 27.5 Å². The molecule has 1 atom stereocenters. The fourth-order valence-electron chi connectivity index (χ4n) is 6.57. The number of fused-ring (bicyclic) bond motifs is 3. The number of carbonyl (C=O) groups is 2. The molecule has 0 saturated carbocycles. The molecule has 1 aliphatic carbocycles. The van der Waals surface area contributed by atoms with Crippen molar-refractivity contribution in [2.24, 2.45) is 11.7 Å². The maximum Gasteiger partial charge on any atom is 0.401 e. The summed E-state index contributed by atoms with van der Waals surface area (Å²) in [6, 6.07) is 15.9. The number of primary amides is 1. The van der Waals surface area contributed by atoms with Crippen molar-refractivity contribution in [1.29, 1.82) is 0 Å². The molecule has 2 aliphatic rings. The Labute approximate surface area is 241 Å². The Hall–Kier alpha value is -2.91. The largest absolute Gasteiger partial charge is 0.459 e. The molecule has 0 bridgehead atoms. The summed E-state index contributed by atoms with van der Waals surface area (Å²) in [4.78, 5) is 28.8. The first-order chi connectivity index (χ1) is 19.3. The minimum absolute atomic E-state index is 0.0269. The summed E-state index contributed by atoms with van der Waals surface area (Å²) in [5.74, 6) is -0.963. The van der Waals surface area contributed by atoms with Crippen molar-refractivity contribution in [3.05, 3.63) is 59.7 Å². The zero-order valence-electron chi connectivity index (χ0n) is 24.3. The van der Waals surface area contributed by atoms with Crippen LogP contribution in [-0.2, 0) is 19.7 Å². The first-order valence-corrected chi connectivity index (χ1v) is 14.5. The second-order valence-electron chi connectivity index (χ2n) is 12.5. The molecule has 1 amide bonds. The summed E-state index contributed by atoms with van der Waals surface area (Å²) in [6.07, 6.45) is -0.463. The average Bonchev–Trinajstić information content (AvgIpc) is 3.16. The molecule has 0 aromatic heterocycles. The highest BCUT2D eigenvalue weighted by Crippen LogP contribution is 2.51. The maximum atomic E-state index is 13.3. The smallest absolute Gasteiger partial charge is 0.401 e. The Bertz CT molecular complexity index is 1180. The van der Waals surface area contributed by atoms with Gasteiger partial charge in [0.25, 0.3) is 0 Å². The lowest BCUT2D eigenvalue weighted by Gasteiger charge is -2.36. The summed E-state index contributed by atoms with van der Waals surface area (Å²) < 4.78 is 45.2. The molecule has 1 unspecified atom stereocenters. The number of carbonyl (C=O) groups excluding carboxylic acids is 2. The number of nitrogens with two attached hydrogens (primary N) is 1. The van der Waals surface area contributed by atoms with E-state index in [-0.39, 0.29) is 24.9 Å². The molecule has 1 heterocycles. The van der Waals surface area contributed by atoms with E-state index in [1.165, 1.54) is 4.90 Å². The van der Waals surface area contributed by atoms with E-state index in [2.05, 4.69) is 4.90 Å². The van der Waals surface area contributed by atoms with Gasteiger partial charge in [0.2, 0.25) is 5.91 Å². The SMILES string of the molecule is CC(C)(C)OC(=O)CN(CC1CCCN(CCCCC2(C(N)=O)c3ccccc3-c3ccccc32)C1)CC(F)(F)F. The van der Waals surface area contributed by atoms with Crippen LogP contribution in [-0.4, -0.2) is 72.7 Å². The maximum absolute atomic E-state index is 13.3. The summed E-state index contributed by atoms with van der Waals surface area (Å²) in [5.41, 5.74) is 8.50. The highest BCUT2D eigenvalue weighted by molar-refractivity contribution is 5.99. The molecule has 4 rings (SSSR count). The lowest BCUT2D eigenvalue weighted by atomic mass is 9.73. The third-order valence-corrected chi connectivity index (χ3v) is 8.06. The monoisotopic (exact) mass is 573 g/mol. The van der Waals surface area contributed by atoms with Crippen LogP contribution in [0.15, 0.2) is 48.5 Å². The summed E-state index contributed by atoms with van der Waals surface area (Å²) in [5, 5.41) is 0. The molecule has 2 aromatic carbocycles. The van der Waals surface area contributed by atoms with E-state index < -0.39 is 29.7 Å². The van der Waals surface area contributed by atoms with Gasteiger partial charge in [0.1, 0.15) is 5.60 Å². The Kier molecular flexibility index (Phi) is 9.49. The Morgan fingerprint density at radius 2 is 1.63 bits per heavy atom. The zero-order chi connectivity index (χ0) is 29.8. The van der Waals surface area contributed by atoms with Crippen LogP contribution in [0.1, 0.15) is 64.0 Å². The highest BCUT2D eigenvalue weighted by atomic mass is 19.4. The highest BCUT2D eigenvalue weighted by Gasteiger charge is 2.47. The van der Waals surface area contributed by atoms with Gasteiger partial charge in [-0.15, -0.1) is 0 Å². The normalized spacial score (nSPS) is 18.7. The Morgan fingerprint density at radius 1 is 1.02 bits per heavy atom. The number of hydrogen-bond donors (Lipinski definition) is 1. The van der Waals surface area contributed by atoms with Crippen molar-refractivity contribution >= 4 is 11.9 Å². The van der Waals surface area contributed by atoms with E-state index in [0.29, 0.717) is 13.0 Å². The van der Waals surface area contributed by atoms with Crippen LogP contribution in [0.25, 0.3) is 11.1 Å². The fraction of sp³-hybridized carbons (Fsp3) is 0.562. The number of ether oxygens (including phenoxy) is 1. The van der Waals surface area contributed by atoms with Crippen molar-refractivity contribution in [3.63, 3.8) is 0 Å². The molecule has 2 aromatic rings. The molecule has 1 aliphatic heterocycles. The summed E-state index contributed by atoms with van der Waals surface area (Å²) in [7, 11) is 0. The Morgan fingerprint density at radius 3 is 2.20 bits per heavy atom. The van der Waals surface area contributed by atoms with Crippen LogP contribution < -0.4 is 5.73 Å². The topological polar surface area (TPSA) is 75.9 Å². The standard InChI is InChI=1S/C32H42F3N3O3/c1-30(2,3)41-28(39)21-38(22-32(33,34)35)20-23-11-10-18-37(19-23)17-9-8-16-31(29(36)40)26-14-6-4-12-24(26)25-13-5-7-15-27(25)31/h4-7,12-15,23H,8-11,16-22H2,1-3H3,(H2,36,40). The van der Waals surface area contributed by atoms with Crippen LogP contribution in [0, 0.1) is 5.92 Å². The number of rotatable bonds is 11. The molecular weight excluding hydrogens is 531 g/mol. The predicted octanol–water partition coefficient (Wildman–Crippen LogP) is 5.53. The number of esters is 1. The Balaban J connectivity index is 1.35. The van der Waals surface area contributed by atoms with Crippen LogP contribution in [0.3, 0.4) is 0 Å². The van der Waals surface area contributed by atoms with Gasteiger partial charge in [-0.05, 0) is 87.7 Å². The average molecular weight is 574 g/mol. The van der Waals surface area contributed by atoms with E-state index in [0.717, 1.165) is 61.0 Å². The molecule has 9 heteroatoms. The molecule has 0 spiro atoms. The minimum atomic E-state index is -4.40. The number of likely N-dealkylation sites (tertiary alicyclic amines) is 1. The van der Waals surface area contributed by atoms with Crippen LogP contribution >= 0.6 is 0 Å². The van der Waals surface area contributed by atoms with Crippen LogP contribution in [0.5, 0.6) is 0 Å². The van der Waals surface area contributed by atoms with Crippen molar-refractivity contribution in [1.82, 2.24) is 9.80 Å². The molecule has 2 N–H and O–H groups in total. The van der Waals surface area contributed by atoms with Crippen molar-refractivity contribution in [2.75, 3.05) is 39.3 Å². The number of amides is 1. The fourth-order valence-corrected chi connectivity index (χ4v) is 6.57. The van der Waals surface area contributed by atoms with Gasteiger partial charge in [0.05, 0.1) is 18.5 Å². The molecule has 6 nitrogen and oxygen atoms in total. The minimum Gasteiger partial charge on any atom is -0.459 e. The lowest BCUT2D eigenvalue weighted by molar-refractivity contribution is -0.165. The van der Waals surface area contributed by atoms with E-state index >= 15 is 0 Å². The quantitative estimate of drug-likeness (QED) is 0.283. The number of piperidine rings is 1. The predicted molar refractivity (Wildman–Crippen MR) is 153 cm³/mol. The lowest BCUT2D eigenvalue weighted by Crippen LogP contribution is -2.46. The van der Waals surface area contributed by atoms with Gasteiger partial charge in [-0.2, -0.15) is 13.2 Å². The first kappa shape index (κ1) is 31.0. The molecule has 224 valence electrons. The molecule has 41 heavy (non-hydrogen) atoms. The number of benzene rings is 2. The van der Waals surface area contributed by atoms with Gasteiger partial charge in [0, 0.05) is 13.1 Å². The molecular formula is C32H42F3N3O3. The van der Waals surface area contributed by atoms with Gasteiger partial charge >= 0.3 is 12.1 Å². The summed E-state index contributed by atoms with van der Waals surface area (Å²) >= 11 is 0. The van der Waals surface area contributed by atoms with E-state index in [1.54, 1.807) is 20.8 Å². The number of alkyl halides is 3. The number of hydrogen-bond acceptors (Lipinski definition) is 5. The summed E-state index contributed by atoms with van der Waals surface area (Å²) in [6.45, 7) is 6.12. The van der Waals surface area contributed by atoms with E-state index in [4.69, 9.17) is 10.5 Å². The molecule has 1 saturated heterocycles. The second-order valence-corrected chi connectivity index (χ2v) is 12.5. The van der Waals surface area contributed by atoms with E-state index in [1.807, 2.05) is 48.5 Å². The third-order valence-electron chi connectivity index (χ3n) is 8.06. The van der Waals surface area contributed by atoms with Gasteiger partial charge in [-0.25, -0.2) is 0 Å². The van der Waals surface area contributed by atoms with Gasteiger partial charge in [0.15, 0.2) is 0 Å². The van der Waals surface area contributed by atoms with Gasteiger partial charge in [-0.3, -0.25) is 14.5 Å². The van der Waals surface area contributed by atoms with E-state index in [9.17, 15) is 22.8 Å². The third kappa shape index (κ3) is 7.68. The number of nitrogens with zero attached hydrogens (tertiary/aromatic N) is 2. The molecule has 1 fully saturated rings. The van der Waals surface area contributed by atoms with Crippen LogP contribution in [0.4, 0.5) is 13.2 Å².